The van der Waals surface area contributed by atoms with Crippen LogP contribution in [0.25, 0.3) is 10.9 Å². The summed E-state index contributed by atoms with van der Waals surface area (Å²) in [5.74, 6) is 1.06. The highest BCUT2D eigenvalue weighted by molar-refractivity contribution is 6.07. The maximum Gasteiger partial charge on any atom is 0.259 e. The molecule has 0 aliphatic rings. The highest BCUT2D eigenvalue weighted by atomic mass is 16.5. The van der Waals surface area contributed by atoms with Gasteiger partial charge in [0.05, 0.1) is 24.4 Å². The second-order valence-corrected chi connectivity index (χ2v) is 8.57. The number of rotatable bonds is 7. The van der Waals surface area contributed by atoms with E-state index in [1.54, 1.807) is 25.4 Å². The number of fused-ring (bicyclic) bond motifs is 1. The lowest BCUT2D eigenvalue weighted by Gasteiger charge is -2.20. The molecule has 7 nitrogen and oxygen atoms in total. The lowest BCUT2D eigenvalue weighted by molar-refractivity contribution is 0.102. The number of hydrogen-bond acceptors (Lipinski definition) is 5. The summed E-state index contributed by atoms with van der Waals surface area (Å²) in [6.45, 7) is 4.01. The Balaban J connectivity index is 1.56. The van der Waals surface area contributed by atoms with Crippen LogP contribution in [0.15, 0.2) is 85.1 Å². The molecule has 2 aromatic carbocycles. The first-order valence-electron chi connectivity index (χ1n) is 11.7. The molecule has 0 aliphatic carbocycles. The lowest BCUT2D eigenvalue weighted by atomic mass is 9.99. The van der Waals surface area contributed by atoms with Crippen molar-refractivity contribution >= 4 is 28.3 Å². The number of hydrogen-bond donors (Lipinski definition) is 3. The molecule has 5 rings (SSSR count). The fourth-order valence-corrected chi connectivity index (χ4v) is 4.44. The molecule has 3 N–H and O–H groups in total. The molecule has 0 saturated carbocycles. The van der Waals surface area contributed by atoms with Crippen molar-refractivity contribution in [3.63, 3.8) is 0 Å². The smallest absolute Gasteiger partial charge is 0.259 e. The number of aromatic amines is 1. The molecule has 0 saturated heterocycles. The fourth-order valence-electron chi connectivity index (χ4n) is 4.44. The van der Waals surface area contributed by atoms with Crippen LogP contribution in [0.4, 0.5) is 11.5 Å². The van der Waals surface area contributed by atoms with Crippen molar-refractivity contribution in [3.05, 3.63) is 113 Å². The van der Waals surface area contributed by atoms with Crippen LogP contribution in [0.2, 0.25) is 0 Å². The first-order valence-corrected chi connectivity index (χ1v) is 11.7. The third kappa shape index (κ3) is 4.63. The molecule has 0 unspecified atom stereocenters. The summed E-state index contributed by atoms with van der Waals surface area (Å²) in [6.07, 6.45) is 1.79. The Hall–Kier alpha value is -4.65. The van der Waals surface area contributed by atoms with Crippen LogP contribution in [-0.4, -0.2) is 28.0 Å². The van der Waals surface area contributed by atoms with E-state index in [1.165, 1.54) is 0 Å². The zero-order chi connectivity index (χ0) is 25.1. The van der Waals surface area contributed by atoms with Crippen molar-refractivity contribution in [2.45, 2.75) is 19.9 Å². The highest BCUT2D eigenvalue weighted by Gasteiger charge is 2.23. The highest BCUT2D eigenvalue weighted by Crippen LogP contribution is 2.35. The number of ether oxygens (including phenoxy) is 1. The van der Waals surface area contributed by atoms with E-state index in [4.69, 9.17) is 4.74 Å². The normalized spacial score (nSPS) is 11.8. The van der Waals surface area contributed by atoms with Gasteiger partial charge in [-0.05, 0) is 68.4 Å². The quantitative estimate of drug-likeness (QED) is 0.266. The second-order valence-electron chi connectivity index (χ2n) is 8.57. The van der Waals surface area contributed by atoms with Gasteiger partial charge in [0.15, 0.2) is 0 Å². The van der Waals surface area contributed by atoms with Gasteiger partial charge in [-0.15, -0.1) is 0 Å². The van der Waals surface area contributed by atoms with Gasteiger partial charge >= 0.3 is 0 Å². The zero-order valence-electron chi connectivity index (χ0n) is 20.4. The van der Waals surface area contributed by atoms with Crippen LogP contribution in [0.3, 0.4) is 0 Å². The Morgan fingerprint density at radius 3 is 2.58 bits per heavy atom. The third-order valence-corrected chi connectivity index (χ3v) is 6.10. The predicted octanol–water partition coefficient (Wildman–Crippen LogP) is 6.04. The summed E-state index contributed by atoms with van der Waals surface area (Å²) in [5.41, 5.74) is 5.98. The molecule has 5 aromatic rings. The van der Waals surface area contributed by atoms with Crippen LogP contribution in [0, 0.1) is 13.8 Å². The van der Waals surface area contributed by atoms with Gasteiger partial charge < -0.3 is 20.4 Å². The molecule has 1 amide bonds. The van der Waals surface area contributed by atoms with E-state index < -0.39 is 0 Å². The molecule has 0 spiro atoms. The van der Waals surface area contributed by atoms with Gasteiger partial charge in [0.1, 0.15) is 11.6 Å². The van der Waals surface area contributed by atoms with Crippen LogP contribution in [0.1, 0.15) is 39.0 Å². The topological polar surface area (TPSA) is 91.9 Å². The van der Waals surface area contributed by atoms with Gasteiger partial charge in [0.25, 0.3) is 5.91 Å². The molecule has 180 valence electrons. The van der Waals surface area contributed by atoms with Crippen LogP contribution in [0.5, 0.6) is 5.75 Å². The molecule has 0 bridgehead atoms. The monoisotopic (exact) mass is 477 g/mol. The van der Waals surface area contributed by atoms with E-state index in [-0.39, 0.29) is 11.9 Å². The summed E-state index contributed by atoms with van der Waals surface area (Å²) in [5, 5.41) is 7.58. The number of amides is 1. The minimum Gasteiger partial charge on any atom is -0.496 e. The first-order chi connectivity index (χ1) is 17.5. The molecule has 36 heavy (non-hydrogen) atoms. The molecule has 1 atom stereocenters. The molecule has 3 aromatic heterocycles. The summed E-state index contributed by atoms with van der Waals surface area (Å²) >= 11 is 0. The van der Waals surface area contributed by atoms with Gasteiger partial charge in [-0.1, -0.05) is 24.3 Å². The number of nitrogens with zero attached hydrogens (tertiary/aromatic N) is 2. The van der Waals surface area contributed by atoms with Crippen molar-refractivity contribution in [1.82, 2.24) is 15.0 Å². The van der Waals surface area contributed by atoms with Gasteiger partial charge in [0.2, 0.25) is 0 Å². The molecule has 0 aliphatic heterocycles. The number of carbonyl (C=O) groups is 1. The minimum atomic E-state index is -0.255. The molecular weight excluding hydrogens is 450 g/mol. The Morgan fingerprint density at radius 2 is 1.81 bits per heavy atom. The molecular formula is C29H27N5O2. The van der Waals surface area contributed by atoms with Crippen LogP contribution < -0.4 is 15.4 Å². The summed E-state index contributed by atoms with van der Waals surface area (Å²) in [6, 6.07) is 24.5. The number of para-hydroxylation sites is 1. The maximum absolute atomic E-state index is 13.0. The van der Waals surface area contributed by atoms with Gasteiger partial charge in [-0.2, -0.15) is 0 Å². The molecule has 7 heteroatoms. The number of nitrogens with one attached hydrogen (secondary N) is 3. The van der Waals surface area contributed by atoms with E-state index >= 15 is 0 Å². The largest absolute Gasteiger partial charge is 0.496 e. The number of methoxy groups -OCH3 is 1. The van der Waals surface area contributed by atoms with E-state index in [2.05, 4.69) is 25.6 Å². The second kappa shape index (κ2) is 9.92. The Bertz CT molecular complexity index is 1530. The van der Waals surface area contributed by atoms with Crippen molar-refractivity contribution in [2.24, 2.45) is 0 Å². The Labute approximate surface area is 209 Å². The van der Waals surface area contributed by atoms with Crippen LogP contribution in [-0.2, 0) is 0 Å². The van der Waals surface area contributed by atoms with Gasteiger partial charge in [0, 0.05) is 39.7 Å². The van der Waals surface area contributed by atoms with Crippen molar-refractivity contribution in [1.29, 1.82) is 0 Å². The predicted molar refractivity (Wildman–Crippen MR) is 143 cm³/mol. The molecule has 0 fully saturated rings. The number of carbonyl (C=O) groups excluding carboxylic acids is 1. The lowest BCUT2D eigenvalue weighted by Crippen LogP contribution is -2.16. The van der Waals surface area contributed by atoms with Crippen LogP contribution >= 0.6 is 0 Å². The average Bonchev–Trinajstić information content (AvgIpc) is 3.22. The third-order valence-electron chi connectivity index (χ3n) is 6.10. The standard InChI is InChI=1S/C29H27N5O2/c1-18-9-8-13-26(31-18)34-28(24-11-6-7-16-30-24)27-19(2)32-23-15-14-20(17-22(23)27)33-29(35)21-10-4-5-12-25(21)36-3/h4-17,28,32H,1-3H3,(H,31,34)(H,33,35)/t28-/m1/s1. The van der Waals surface area contributed by atoms with Gasteiger partial charge in [-0.25, -0.2) is 4.98 Å². The van der Waals surface area contributed by atoms with Crippen molar-refractivity contribution in [2.75, 3.05) is 17.7 Å². The Morgan fingerprint density at radius 1 is 0.972 bits per heavy atom. The SMILES string of the molecule is COc1ccccc1C(=O)Nc1ccc2[nH]c(C)c([C@H](Nc3cccc(C)n3)c3ccccn3)c2c1. The minimum absolute atomic E-state index is 0.232. The number of H-pyrrole nitrogens is 1. The van der Waals surface area contributed by atoms with E-state index in [0.29, 0.717) is 17.0 Å². The Kier molecular flexibility index (Phi) is 6.36. The van der Waals surface area contributed by atoms with Crippen molar-refractivity contribution < 1.29 is 9.53 Å². The molecule has 3 heterocycles. The number of aryl methyl sites for hydroxylation is 2. The first kappa shape index (κ1) is 23.1. The number of anilines is 2. The van der Waals surface area contributed by atoms with Gasteiger partial charge in [-0.3, -0.25) is 9.78 Å². The van der Waals surface area contributed by atoms with Crippen molar-refractivity contribution in [3.8, 4) is 5.75 Å². The number of aromatic nitrogens is 3. The summed E-state index contributed by atoms with van der Waals surface area (Å²) < 4.78 is 5.36. The van der Waals surface area contributed by atoms with E-state index in [9.17, 15) is 4.79 Å². The molecule has 0 radical (unpaired) electrons. The van der Waals surface area contributed by atoms with E-state index in [1.807, 2.05) is 80.6 Å². The maximum atomic E-state index is 13.0. The summed E-state index contributed by atoms with van der Waals surface area (Å²) in [4.78, 5) is 25.8. The zero-order valence-corrected chi connectivity index (χ0v) is 20.4. The fraction of sp³-hybridized carbons (Fsp3) is 0.138. The number of pyridine rings is 2. The van der Waals surface area contributed by atoms with E-state index in [0.717, 1.165) is 39.4 Å². The average molecular weight is 478 g/mol. The number of benzene rings is 2. The summed E-state index contributed by atoms with van der Waals surface area (Å²) in [7, 11) is 1.56.